The highest BCUT2D eigenvalue weighted by Gasteiger charge is 2.40. The van der Waals surface area contributed by atoms with Crippen LogP contribution in [0.2, 0.25) is 0 Å². The summed E-state index contributed by atoms with van der Waals surface area (Å²) in [7, 11) is 0. The van der Waals surface area contributed by atoms with Gasteiger partial charge in [0.1, 0.15) is 24.0 Å². The third kappa shape index (κ3) is 4.95. The minimum absolute atomic E-state index is 0.0899. The number of morpholine rings is 1. The van der Waals surface area contributed by atoms with Gasteiger partial charge < -0.3 is 14.2 Å². The molecule has 2 aromatic carbocycles. The zero-order valence-corrected chi connectivity index (χ0v) is 18.7. The molecule has 32 heavy (non-hydrogen) atoms. The lowest BCUT2D eigenvalue weighted by Crippen LogP contribution is -2.57. The van der Waals surface area contributed by atoms with Crippen LogP contribution in [-0.4, -0.2) is 41.9 Å². The molecule has 0 aliphatic carbocycles. The molecule has 2 unspecified atom stereocenters. The lowest BCUT2D eigenvalue weighted by molar-refractivity contribution is -0.0510. The van der Waals surface area contributed by atoms with E-state index in [9.17, 15) is 10.1 Å². The Kier molecular flexibility index (Phi) is 6.20. The van der Waals surface area contributed by atoms with Crippen LogP contribution in [0.1, 0.15) is 43.9 Å². The third-order valence-electron chi connectivity index (χ3n) is 5.51. The summed E-state index contributed by atoms with van der Waals surface area (Å²) in [6.45, 7) is 6.92. The van der Waals surface area contributed by atoms with E-state index in [4.69, 9.17) is 14.2 Å². The topological polar surface area (TPSA) is 71.8 Å². The van der Waals surface area contributed by atoms with Crippen LogP contribution in [0.25, 0.3) is 5.57 Å². The van der Waals surface area contributed by atoms with Gasteiger partial charge in [0.05, 0.1) is 30.9 Å². The third-order valence-corrected chi connectivity index (χ3v) is 5.51. The Morgan fingerprint density at radius 1 is 1.19 bits per heavy atom. The van der Waals surface area contributed by atoms with E-state index in [1.54, 1.807) is 11.0 Å². The number of hydrogen-bond acceptors (Lipinski definition) is 5. The molecular formula is C26H28N2O4. The smallest absolute Gasteiger partial charge is 0.411 e. The van der Waals surface area contributed by atoms with Gasteiger partial charge in [0.15, 0.2) is 0 Å². The molecule has 6 nitrogen and oxygen atoms in total. The van der Waals surface area contributed by atoms with Crippen LogP contribution in [0.5, 0.6) is 5.75 Å². The summed E-state index contributed by atoms with van der Waals surface area (Å²) >= 11 is 0. The molecule has 0 aromatic heterocycles. The molecule has 0 spiro atoms. The summed E-state index contributed by atoms with van der Waals surface area (Å²) in [5.74, 6) is 0.561. The van der Waals surface area contributed by atoms with E-state index in [1.807, 2.05) is 63.2 Å². The van der Waals surface area contributed by atoms with Crippen molar-refractivity contribution in [3.8, 4) is 11.8 Å². The molecule has 1 amide bonds. The van der Waals surface area contributed by atoms with E-state index in [0.29, 0.717) is 37.6 Å². The average molecular weight is 433 g/mol. The van der Waals surface area contributed by atoms with Crippen molar-refractivity contribution >= 4 is 11.7 Å². The first-order valence-corrected chi connectivity index (χ1v) is 10.8. The van der Waals surface area contributed by atoms with Crippen LogP contribution in [-0.2, 0) is 16.1 Å². The molecule has 1 fully saturated rings. The summed E-state index contributed by atoms with van der Waals surface area (Å²) in [6.07, 6.45) is 2.42. The Bertz CT molecular complexity index is 1050. The first-order chi connectivity index (χ1) is 15.3. The second kappa shape index (κ2) is 9.05. The molecule has 2 heterocycles. The Morgan fingerprint density at radius 3 is 2.66 bits per heavy atom. The number of hydrogen-bond donors (Lipinski definition) is 0. The monoisotopic (exact) mass is 432 g/mol. The van der Waals surface area contributed by atoms with Crippen molar-refractivity contribution in [2.45, 2.75) is 51.5 Å². The lowest BCUT2D eigenvalue weighted by atomic mass is 9.89. The number of rotatable bonds is 4. The van der Waals surface area contributed by atoms with Crippen LogP contribution < -0.4 is 4.74 Å². The zero-order valence-electron chi connectivity index (χ0n) is 18.7. The van der Waals surface area contributed by atoms with E-state index in [-0.39, 0.29) is 18.2 Å². The Morgan fingerprint density at radius 2 is 1.97 bits per heavy atom. The van der Waals surface area contributed by atoms with E-state index in [0.717, 1.165) is 16.7 Å². The first-order valence-electron chi connectivity index (χ1n) is 10.8. The van der Waals surface area contributed by atoms with Gasteiger partial charge in [-0.1, -0.05) is 42.5 Å². The second-order valence-corrected chi connectivity index (χ2v) is 9.14. The molecule has 0 N–H and O–H groups in total. The quantitative estimate of drug-likeness (QED) is 0.685. The van der Waals surface area contributed by atoms with Crippen molar-refractivity contribution < 1.29 is 19.0 Å². The molecule has 4 rings (SSSR count). The predicted octanol–water partition coefficient (Wildman–Crippen LogP) is 4.93. The fourth-order valence-electron chi connectivity index (χ4n) is 4.08. The Hall–Kier alpha value is -3.30. The van der Waals surface area contributed by atoms with Gasteiger partial charge in [-0.2, -0.15) is 5.26 Å². The largest absolute Gasteiger partial charge is 0.488 e. The standard InChI is InChI=1S/C26H28N2O4/c1-26(2,3)32-25(29)28-22-11-21(12-23(28)17-30-16-22)19-9-10-20(14-27)24(13-19)31-15-18-7-5-4-6-8-18/h4-11,13,22-23H,12,15-17H2,1-3H3. The molecule has 0 radical (unpaired) electrons. The fraction of sp³-hybridized carbons (Fsp3) is 0.385. The molecule has 2 bridgehead atoms. The van der Waals surface area contributed by atoms with Crippen LogP contribution >= 0.6 is 0 Å². The molecular weight excluding hydrogens is 404 g/mol. The van der Waals surface area contributed by atoms with E-state index in [2.05, 4.69) is 12.1 Å². The Balaban J connectivity index is 1.57. The summed E-state index contributed by atoms with van der Waals surface area (Å²) in [4.78, 5) is 14.6. The van der Waals surface area contributed by atoms with Crippen LogP contribution in [0.15, 0.2) is 54.6 Å². The lowest BCUT2D eigenvalue weighted by Gasteiger charge is -2.44. The average Bonchev–Trinajstić information content (AvgIpc) is 2.76. The predicted molar refractivity (Wildman–Crippen MR) is 121 cm³/mol. The molecule has 166 valence electrons. The van der Waals surface area contributed by atoms with Crippen LogP contribution in [0.4, 0.5) is 4.79 Å². The van der Waals surface area contributed by atoms with E-state index >= 15 is 0 Å². The number of nitriles is 1. The maximum Gasteiger partial charge on any atom is 0.411 e. The number of benzene rings is 2. The molecule has 0 saturated carbocycles. The van der Waals surface area contributed by atoms with Gasteiger partial charge in [-0.15, -0.1) is 0 Å². The van der Waals surface area contributed by atoms with Gasteiger partial charge in [0, 0.05) is 0 Å². The molecule has 1 saturated heterocycles. The van der Waals surface area contributed by atoms with Crippen molar-refractivity contribution in [2.24, 2.45) is 0 Å². The van der Waals surface area contributed by atoms with Crippen molar-refractivity contribution in [3.63, 3.8) is 0 Å². The fourth-order valence-corrected chi connectivity index (χ4v) is 4.08. The van der Waals surface area contributed by atoms with E-state index < -0.39 is 5.60 Å². The van der Waals surface area contributed by atoms with Gasteiger partial charge in [-0.05, 0) is 56.0 Å². The summed E-state index contributed by atoms with van der Waals surface area (Å²) in [5, 5.41) is 9.52. The Labute approximate surface area is 189 Å². The maximum atomic E-state index is 12.8. The molecule has 2 aliphatic rings. The number of carbonyl (C=O) groups is 1. The maximum absolute atomic E-state index is 12.8. The van der Waals surface area contributed by atoms with Crippen molar-refractivity contribution in [1.82, 2.24) is 4.90 Å². The highest BCUT2D eigenvalue weighted by Crippen LogP contribution is 2.35. The molecule has 6 heteroatoms. The minimum atomic E-state index is -0.547. The SMILES string of the molecule is CC(C)(C)OC(=O)N1C2C=C(c3ccc(C#N)c(OCc4ccccc4)c3)CC1COC2. The normalized spacial score (nSPS) is 20.2. The summed E-state index contributed by atoms with van der Waals surface area (Å²) < 4.78 is 17.3. The number of nitrogens with zero attached hydrogens (tertiary/aromatic N) is 2. The molecule has 2 aromatic rings. The van der Waals surface area contributed by atoms with Crippen molar-refractivity contribution in [1.29, 1.82) is 5.26 Å². The number of fused-ring (bicyclic) bond motifs is 2. The first kappa shape index (κ1) is 21.9. The zero-order chi connectivity index (χ0) is 22.7. The number of carbonyl (C=O) groups excluding carboxylic acids is 1. The number of amides is 1. The van der Waals surface area contributed by atoms with Crippen LogP contribution in [0, 0.1) is 11.3 Å². The summed E-state index contributed by atoms with van der Waals surface area (Å²) in [5.41, 5.74) is 3.11. The summed E-state index contributed by atoms with van der Waals surface area (Å²) in [6, 6.07) is 17.5. The highest BCUT2D eigenvalue weighted by molar-refractivity contribution is 5.75. The number of ether oxygens (including phenoxy) is 3. The van der Waals surface area contributed by atoms with Gasteiger partial charge in [0.2, 0.25) is 0 Å². The second-order valence-electron chi connectivity index (χ2n) is 9.14. The molecule has 2 aliphatic heterocycles. The van der Waals surface area contributed by atoms with Gasteiger partial charge in [-0.25, -0.2) is 4.79 Å². The van der Waals surface area contributed by atoms with Crippen LogP contribution in [0.3, 0.4) is 0 Å². The van der Waals surface area contributed by atoms with Gasteiger partial charge in [-0.3, -0.25) is 4.90 Å². The van der Waals surface area contributed by atoms with Gasteiger partial charge in [0.25, 0.3) is 0 Å². The molecule has 2 atom stereocenters. The minimum Gasteiger partial charge on any atom is -0.488 e. The van der Waals surface area contributed by atoms with Crippen molar-refractivity contribution in [3.05, 3.63) is 71.3 Å². The van der Waals surface area contributed by atoms with Crippen molar-refractivity contribution in [2.75, 3.05) is 13.2 Å². The highest BCUT2D eigenvalue weighted by atomic mass is 16.6. The van der Waals surface area contributed by atoms with E-state index in [1.165, 1.54) is 0 Å². The van der Waals surface area contributed by atoms with Gasteiger partial charge >= 0.3 is 6.09 Å².